The van der Waals surface area contributed by atoms with E-state index in [2.05, 4.69) is 21.4 Å². The minimum absolute atomic E-state index is 0.237. The topological polar surface area (TPSA) is 66.0 Å². The summed E-state index contributed by atoms with van der Waals surface area (Å²) in [6, 6.07) is 12.9. The number of rotatable bonds is 8. The predicted octanol–water partition coefficient (Wildman–Crippen LogP) is 2.07. The van der Waals surface area contributed by atoms with Crippen molar-refractivity contribution in [2.24, 2.45) is 0 Å². The van der Waals surface area contributed by atoms with Crippen molar-refractivity contribution < 1.29 is 14.3 Å². The van der Waals surface area contributed by atoms with Crippen LogP contribution in [0.5, 0.6) is 0 Å². The van der Waals surface area contributed by atoms with Crippen LogP contribution in [0.1, 0.15) is 20.7 Å². The molecule has 7 nitrogen and oxygen atoms in total. The summed E-state index contributed by atoms with van der Waals surface area (Å²) in [6.45, 7) is 8.46. The summed E-state index contributed by atoms with van der Waals surface area (Å²) in [5.74, 6) is 0.494. The van der Waals surface area contributed by atoms with Crippen molar-refractivity contribution in [3.63, 3.8) is 0 Å². The van der Waals surface area contributed by atoms with Gasteiger partial charge in [-0.15, -0.1) is 6.58 Å². The van der Waals surface area contributed by atoms with Gasteiger partial charge in [-0.25, -0.2) is 4.98 Å². The third kappa shape index (κ3) is 4.27. The van der Waals surface area contributed by atoms with Gasteiger partial charge in [-0.05, 0) is 24.3 Å². The highest BCUT2D eigenvalue weighted by molar-refractivity contribution is 6.21. The first kappa shape index (κ1) is 20.3. The third-order valence-corrected chi connectivity index (χ3v) is 5.52. The van der Waals surface area contributed by atoms with E-state index in [4.69, 9.17) is 4.74 Å². The fourth-order valence-corrected chi connectivity index (χ4v) is 3.96. The number of aromatic nitrogens is 1. The van der Waals surface area contributed by atoms with Gasteiger partial charge in [-0.2, -0.15) is 0 Å². The van der Waals surface area contributed by atoms with E-state index in [-0.39, 0.29) is 24.5 Å². The molecule has 0 aliphatic carbocycles. The molecule has 3 heterocycles. The van der Waals surface area contributed by atoms with Gasteiger partial charge < -0.3 is 9.64 Å². The molecule has 4 rings (SSSR count). The Bertz CT molecular complexity index is 875. The maximum atomic E-state index is 12.7. The Balaban J connectivity index is 1.37. The van der Waals surface area contributed by atoms with Crippen molar-refractivity contribution in [2.75, 3.05) is 50.8 Å². The summed E-state index contributed by atoms with van der Waals surface area (Å²) in [5, 5.41) is 0. The largest absolute Gasteiger partial charge is 0.371 e. The zero-order chi connectivity index (χ0) is 20.9. The molecule has 2 aromatic rings. The van der Waals surface area contributed by atoms with Crippen LogP contribution in [-0.4, -0.2) is 78.6 Å². The van der Waals surface area contributed by atoms with Crippen molar-refractivity contribution in [3.05, 3.63) is 72.4 Å². The number of imide groups is 1. The number of pyridine rings is 1. The van der Waals surface area contributed by atoms with Gasteiger partial charge in [-0.3, -0.25) is 19.4 Å². The van der Waals surface area contributed by atoms with Gasteiger partial charge >= 0.3 is 0 Å². The van der Waals surface area contributed by atoms with Crippen LogP contribution in [0.25, 0.3) is 0 Å². The van der Waals surface area contributed by atoms with E-state index in [0.717, 1.165) is 32.0 Å². The monoisotopic (exact) mass is 406 g/mol. The van der Waals surface area contributed by atoms with E-state index < -0.39 is 0 Å². The smallest absolute Gasteiger partial charge is 0.261 e. The van der Waals surface area contributed by atoms with Crippen LogP contribution in [-0.2, 0) is 4.74 Å². The number of amides is 2. The molecule has 1 aromatic carbocycles. The number of hydrogen-bond donors (Lipinski definition) is 0. The van der Waals surface area contributed by atoms with E-state index in [1.807, 2.05) is 24.4 Å². The molecular weight excluding hydrogens is 380 g/mol. The van der Waals surface area contributed by atoms with Crippen LogP contribution < -0.4 is 4.90 Å². The zero-order valence-electron chi connectivity index (χ0n) is 16.9. The standard InChI is InChI=1S/C23H26N4O3/c1-2-15-30-18(17-27-22(28)19-7-3-4-8-20(19)23(27)29)16-25-11-13-26(14-12-25)21-9-5-6-10-24-21/h2-10,18H,1,11-17H2. The van der Waals surface area contributed by atoms with Gasteiger partial charge in [0.25, 0.3) is 11.8 Å². The first-order chi connectivity index (χ1) is 14.7. The predicted molar refractivity (Wildman–Crippen MR) is 115 cm³/mol. The summed E-state index contributed by atoms with van der Waals surface area (Å²) in [4.78, 5) is 35.7. The summed E-state index contributed by atoms with van der Waals surface area (Å²) >= 11 is 0. The number of hydrogen-bond acceptors (Lipinski definition) is 6. The number of nitrogens with zero attached hydrogens (tertiary/aromatic N) is 4. The molecule has 0 spiro atoms. The molecule has 2 aliphatic rings. The Hall–Kier alpha value is -3.03. The van der Waals surface area contributed by atoms with Gasteiger partial charge in [-0.1, -0.05) is 24.3 Å². The molecule has 1 fully saturated rings. The lowest BCUT2D eigenvalue weighted by Crippen LogP contribution is -2.51. The SMILES string of the molecule is C=CCOC(CN1CCN(c2ccccn2)CC1)CN1C(=O)c2ccccc2C1=O. The molecule has 0 radical (unpaired) electrons. The number of carbonyl (C=O) groups excluding carboxylic acids is 2. The Morgan fingerprint density at radius 2 is 1.63 bits per heavy atom. The lowest BCUT2D eigenvalue weighted by molar-refractivity contribution is 0.0171. The number of carbonyl (C=O) groups is 2. The summed E-state index contributed by atoms with van der Waals surface area (Å²) < 4.78 is 5.93. The molecule has 1 aromatic heterocycles. The number of piperazine rings is 1. The van der Waals surface area contributed by atoms with E-state index in [1.54, 1.807) is 30.3 Å². The second-order valence-electron chi connectivity index (χ2n) is 7.49. The number of benzene rings is 1. The van der Waals surface area contributed by atoms with Crippen LogP contribution in [0.2, 0.25) is 0 Å². The molecule has 2 amide bonds. The van der Waals surface area contributed by atoms with Crippen LogP contribution >= 0.6 is 0 Å². The molecule has 7 heteroatoms. The minimum atomic E-state index is -0.272. The van der Waals surface area contributed by atoms with E-state index in [9.17, 15) is 9.59 Å². The average Bonchev–Trinajstić information content (AvgIpc) is 3.03. The lowest BCUT2D eigenvalue weighted by Gasteiger charge is -2.37. The quantitative estimate of drug-likeness (QED) is 0.494. The summed E-state index contributed by atoms with van der Waals surface area (Å²) in [7, 11) is 0. The zero-order valence-corrected chi connectivity index (χ0v) is 16.9. The highest BCUT2D eigenvalue weighted by Crippen LogP contribution is 2.23. The normalized spacial score (nSPS) is 17.9. The molecule has 1 atom stereocenters. The van der Waals surface area contributed by atoms with Gasteiger partial charge in [0.2, 0.25) is 0 Å². The van der Waals surface area contributed by atoms with E-state index in [1.165, 1.54) is 4.90 Å². The molecule has 0 saturated carbocycles. The fourth-order valence-electron chi connectivity index (χ4n) is 3.96. The molecule has 0 bridgehead atoms. The number of anilines is 1. The molecule has 0 N–H and O–H groups in total. The Labute approximate surface area is 176 Å². The highest BCUT2D eigenvalue weighted by Gasteiger charge is 2.37. The molecule has 1 saturated heterocycles. The Morgan fingerprint density at radius 1 is 0.967 bits per heavy atom. The Kier molecular flexibility index (Phi) is 6.21. The van der Waals surface area contributed by atoms with Crippen LogP contribution in [0.3, 0.4) is 0 Å². The van der Waals surface area contributed by atoms with Crippen molar-refractivity contribution >= 4 is 17.6 Å². The van der Waals surface area contributed by atoms with Crippen molar-refractivity contribution in [1.82, 2.24) is 14.8 Å². The van der Waals surface area contributed by atoms with Crippen molar-refractivity contribution in [3.8, 4) is 0 Å². The molecular formula is C23H26N4O3. The summed E-state index contributed by atoms with van der Waals surface area (Å²) in [6.07, 6.45) is 3.23. The van der Waals surface area contributed by atoms with Gasteiger partial charge in [0.05, 0.1) is 30.4 Å². The maximum Gasteiger partial charge on any atom is 0.261 e. The maximum absolute atomic E-state index is 12.7. The highest BCUT2D eigenvalue weighted by atomic mass is 16.5. The van der Waals surface area contributed by atoms with E-state index in [0.29, 0.717) is 24.3 Å². The first-order valence-electron chi connectivity index (χ1n) is 10.2. The van der Waals surface area contributed by atoms with Gasteiger partial charge in [0.1, 0.15) is 5.82 Å². The van der Waals surface area contributed by atoms with Crippen LogP contribution in [0, 0.1) is 0 Å². The molecule has 1 unspecified atom stereocenters. The summed E-state index contributed by atoms with van der Waals surface area (Å²) in [5.41, 5.74) is 0.933. The van der Waals surface area contributed by atoms with Crippen LogP contribution in [0.4, 0.5) is 5.82 Å². The number of ether oxygens (including phenoxy) is 1. The third-order valence-electron chi connectivity index (χ3n) is 5.52. The molecule has 156 valence electrons. The van der Waals surface area contributed by atoms with Gasteiger partial charge in [0, 0.05) is 38.9 Å². The van der Waals surface area contributed by atoms with Gasteiger partial charge in [0.15, 0.2) is 0 Å². The van der Waals surface area contributed by atoms with Crippen LogP contribution in [0.15, 0.2) is 61.3 Å². The minimum Gasteiger partial charge on any atom is -0.371 e. The van der Waals surface area contributed by atoms with Crippen molar-refractivity contribution in [1.29, 1.82) is 0 Å². The van der Waals surface area contributed by atoms with Crippen molar-refractivity contribution in [2.45, 2.75) is 6.10 Å². The average molecular weight is 406 g/mol. The molecule has 30 heavy (non-hydrogen) atoms. The number of fused-ring (bicyclic) bond motifs is 1. The van der Waals surface area contributed by atoms with E-state index >= 15 is 0 Å². The fraction of sp³-hybridized carbons (Fsp3) is 0.348. The second-order valence-corrected chi connectivity index (χ2v) is 7.49. The molecule has 2 aliphatic heterocycles. The second kappa shape index (κ2) is 9.19. The lowest BCUT2D eigenvalue weighted by atomic mass is 10.1. The first-order valence-corrected chi connectivity index (χ1v) is 10.2. The Morgan fingerprint density at radius 3 is 2.23 bits per heavy atom.